The maximum Gasteiger partial charge on any atom is 0.401 e. The Bertz CT molecular complexity index is 193. The molecule has 1 fully saturated rings. The van der Waals surface area contributed by atoms with Crippen molar-refractivity contribution in [3.05, 3.63) is 0 Å². The van der Waals surface area contributed by atoms with E-state index in [1.165, 1.54) is 4.90 Å². The summed E-state index contributed by atoms with van der Waals surface area (Å²) < 4.78 is 36.3. The second-order valence-electron chi connectivity index (χ2n) is 4.42. The number of nitrogens with zero attached hydrogens (tertiary/aromatic N) is 1. The zero-order chi connectivity index (χ0) is 10.8. The third-order valence-corrected chi connectivity index (χ3v) is 2.64. The molecule has 1 aliphatic heterocycles. The van der Waals surface area contributed by atoms with Gasteiger partial charge in [-0.1, -0.05) is 6.92 Å². The highest BCUT2D eigenvalue weighted by Gasteiger charge is 2.38. The van der Waals surface area contributed by atoms with Crippen LogP contribution in [0.2, 0.25) is 0 Å². The molecule has 0 spiro atoms. The minimum Gasteiger partial charge on any atom is -0.319 e. The summed E-state index contributed by atoms with van der Waals surface area (Å²) in [6.45, 7) is 3.12. The van der Waals surface area contributed by atoms with E-state index in [-0.39, 0.29) is 5.41 Å². The topological polar surface area (TPSA) is 15.3 Å². The molecule has 5 heteroatoms. The maximum absolute atomic E-state index is 12.1. The van der Waals surface area contributed by atoms with Gasteiger partial charge in [0.1, 0.15) is 0 Å². The number of likely N-dealkylation sites (tertiary alicyclic amines) is 1. The van der Waals surface area contributed by atoms with Gasteiger partial charge in [0.15, 0.2) is 0 Å². The van der Waals surface area contributed by atoms with Gasteiger partial charge in [-0.2, -0.15) is 13.2 Å². The Morgan fingerprint density at radius 2 is 2.07 bits per heavy atom. The van der Waals surface area contributed by atoms with Gasteiger partial charge in [-0.25, -0.2) is 0 Å². The molecule has 0 aromatic rings. The molecule has 1 N–H and O–H groups in total. The summed E-state index contributed by atoms with van der Waals surface area (Å²) in [6, 6.07) is 0. The van der Waals surface area contributed by atoms with Gasteiger partial charge in [-0.3, -0.25) is 4.90 Å². The molecule has 1 atom stereocenters. The van der Waals surface area contributed by atoms with Gasteiger partial charge in [0.2, 0.25) is 0 Å². The van der Waals surface area contributed by atoms with Crippen LogP contribution in [0.1, 0.15) is 13.3 Å². The van der Waals surface area contributed by atoms with E-state index in [9.17, 15) is 13.2 Å². The van der Waals surface area contributed by atoms with Gasteiger partial charge in [-0.05, 0) is 25.4 Å². The van der Waals surface area contributed by atoms with Crippen molar-refractivity contribution in [2.24, 2.45) is 5.41 Å². The van der Waals surface area contributed by atoms with Crippen molar-refractivity contribution >= 4 is 0 Å². The van der Waals surface area contributed by atoms with Crippen LogP contribution in [0.25, 0.3) is 0 Å². The molecule has 0 radical (unpaired) electrons. The second-order valence-corrected chi connectivity index (χ2v) is 4.42. The summed E-state index contributed by atoms with van der Waals surface area (Å²) in [4.78, 5) is 1.48. The first-order chi connectivity index (χ1) is 6.35. The molecular formula is C9H17F3N2. The van der Waals surface area contributed by atoms with Crippen molar-refractivity contribution < 1.29 is 13.2 Å². The molecule has 14 heavy (non-hydrogen) atoms. The van der Waals surface area contributed by atoms with Crippen molar-refractivity contribution in [2.75, 3.05) is 33.2 Å². The number of hydrogen-bond acceptors (Lipinski definition) is 2. The van der Waals surface area contributed by atoms with Crippen LogP contribution in [-0.4, -0.2) is 44.3 Å². The number of alkyl halides is 3. The highest BCUT2D eigenvalue weighted by molar-refractivity contribution is 4.88. The van der Waals surface area contributed by atoms with E-state index in [1.54, 1.807) is 0 Å². The monoisotopic (exact) mass is 210 g/mol. The quantitative estimate of drug-likeness (QED) is 0.759. The Hall–Kier alpha value is -0.290. The first-order valence-electron chi connectivity index (χ1n) is 4.78. The molecule has 0 aromatic heterocycles. The van der Waals surface area contributed by atoms with E-state index in [1.807, 2.05) is 14.0 Å². The van der Waals surface area contributed by atoms with E-state index in [2.05, 4.69) is 5.32 Å². The van der Waals surface area contributed by atoms with Crippen molar-refractivity contribution in [2.45, 2.75) is 19.5 Å². The molecule has 0 amide bonds. The van der Waals surface area contributed by atoms with Crippen LogP contribution in [0.3, 0.4) is 0 Å². The lowest BCUT2D eigenvalue weighted by atomic mass is 9.90. The third-order valence-electron chi connectivity index (χ3n) is 2.64. The van der Waals surface area contributed by atoms with Crippen LogP contribution in [-0.2, 0) is 0 Å². The Morgan fingerprint density at radius 3 is 2.57 bits per heavy atom. The molecule has 84 valence electrons. The van der Waals surface area contributed by atoms with E-state index < -0.39 is 12.7 Å². The minimum atomic E-state index is -4.06. The smallest absolute Gasteiger partial charge is 0.319 e. The number of hydrogen-bond donors (Lipinski definition) is 1. The highest BCUT2D eigenvalue weighted by Crippen LogP contribution is 2.31. The lowest BCUT2D eigenvalue weighted by molar-refractivity contribution is -0.144. The first kappa shape index (κ1) is 11.8. The van der Waals surface area contributed by atoms with Gasteiger partial charge in [0.25, 0.3) is 0 Å². The summed E-state index contributed by atoms with van der Waals surface area (Å²) in [5.41, 5.74) is 0. The molecule has 1 aliphatic rings. The normalized spacial score (nSPS) is 29.8. The molecule has 1 rings (SSSR count). The molecule has 0 aliphatic carbocycles. The molecule has 0 saturated carbocycles. The molecule has 1 saturated heterocycles. The molecular weight excluding hydrogens is 193 g/mol. The summed E-state index contributed by atoms with van der Waals surface area (Å²) in [6.07, 6.45) is -3.23. The lowest BCUT2D eigenvalue weighted by Crippen LogP contribution is -2.36. The van der Waals surface area contributed by atoms with Crippen molar-refractivity contribution in [1.82, 2.24) is 10.2 Å². The van der Waals surface area contributed by atoms with Gasteiger partial charge < -0.3 is 5.32 Å². The number of nitrogens with one attached hydrogen (secondary N) is 1. The van der Waals surface area contributed by atoms with Crippen LogP contribution in [0.15, 0.2) is 0 Å². The minimum absolute atomic E-state index is 0. The van der Waals surface area contributed by atoms with E-state index in [4.69, 9.17) is 0 Å². The largest absolute Gasteiger partial charge is 0.401 e. The predicted octanol–water partition coefficient (Wildman–Crippen LogP) is 1.48. The average Bonchev–Trinajstić information content (AvgIpc) is 2.29. The zero-order valence-corrected chi connectivity index (χ0v) is 8.62. The van der Waals surface area contributed by atoms with Crippen LogP contribution >= 0.6 is 0 Å². The van der Waals surface area contributed by atoms with Crippen LogP contribution in [0.4, 0.5) is 13.2 Å². The Balaban J connectivity index is 2.41. The number of rotatable bonds is 3. The fourth-order valence-electron chi connectivity index (χ4n) is 2.09. The maximum atomic E-state index is 12.1. The van der Waals surface area contributed by atoms with E-state index >= 15 is 0 Å². The lowest BCUT2D eigenvalue weighted by Gasteiger charge is -2.24. The highest BCUT2D eigenvalue weighted by atomic mass is 19.4. The molecule has 0 bridgehead atoms. The van der Waals surface area contributed by atoms with E-state index in [0.29, 0.717) is 13.1 Å². The average molecular weight is 210 g/mol. The van der Waals surface area contributed by atoms with Gasteiger partial charge in [0.05, 0.1) is 6.54 Å². The third kappa shape index (κ3) is 3.46. The molecule has 0 aromatic carbocycles. The Morgan fingerprint density at radius 1 is 1.43 bits per heavy atom. The van der Waals surface area contributed by atoms with E-state index in [0.717, 1.165) is 13.0 Å². The summed E-state index contributed by atoms with van der Waals surface area (Å²) in [7, 11) is 1.83. The molecule has 1 heterocycles. The molecule has 2 nitrogen and oxygen atoms in total. The van der Waals surface area contributed by atoms with Crippen molar-refractivity contribution in [1.29, 1.82) is 0 Å². The number of halogens is 3. The molecule has 1 unspecified atom stereocenters. The predicted molar refractivity (Wildman–Crippen MR) is 49.1 cm³/mol. The van der Waals surface area contributed by atoms with Gasteiger partial charge in [-0.15, -0.1) is 0 Å². The fraction of sp³-hybridized carbons (Fsp3) is 1.00. The van der Waals surface area contributed by atoms with Crippen molar-refractivity contribution in [3.63, 3.8) is 0 Å². The zero-order valence-electron chi connectivity index (χ0n) is 8.62. The summed E-state index contributed by atoms with van der Waals surface area (Å²) >= 11 is 0. The summed E-state index contributed by atoms with van der Waals surface area (Å²) in [5.74, 6) is 0. The fourth-order valence-corrected chi connectivity index (χ4v) is 2.09. The Labute approximate surface area is 82.5 Å². The SMILES string of the molecule is CNCC1(C)CCN(CC(F)(F)F)C1. The second kappa shape index (κ2) is 4.06. The summed E-state index contributed by atoms with van der Waals surface area (Å²) in [5, 5.41) is 3.03. The first-order valence-corrected chi connectivity index (χ1v) is 4.78. The van der Waals surface area contributed by atoms with Crippen LogP contribution in [0.5, 0.6) is 0 Å². The van der Waals surface area contributed by atoms with Gasteiger partial charge in [0, 0.05) is 13.1 Å². The standard InChI is InChI=1S/C9H17F3N2/c1-8(5-13-2)3-4-14(6-8)7-9(10,11)12/h13H,3-7H2,1-2H3. The van der Waals surface area contributed by atoms with Crippen LogP contribution in [0, 0.1) is 5.41 Å². The van der Waals surface area contributed by atoms with Crippen LogP contribution < -0.4 is 5.32 Å². The van der Waals surface area contributed by atoms with Gasteiger partial charge >= 0.3 is 6.18 Å². The Kier molecular flexibility index (Phi) is 3.42. The van der Waals surface area contributed by atoms with Crippen molar-refractivity contribution in [3.8, 4) is 0 Å².